The first kappa shape index (κ1) is 23.5. The van der Waals surface area contributed by atoms with Crippen LogP contribution in [0.1, 0.15) is 41.5 Å². The average molecular weight is 343 g/mol. The maximum Gasteiger partial charge on any atom is 0.340 e. The maximum atomic E-state index is 5.70. The molecule has 0 aliphatic heterocycles. The highest BCUT2D eigenvalue weighted by molar-refractivity contribution is 6.15. The van der Waals surface area contributed by atoms with Crippen LogP contribution in [0.3, 0.4) is 0 Å². The van der Waals surface area contributed by atoms with Gasteiger partial charge in [0.05, 0.1) is 0 Å². The second-order valence-corrected chi connectivity index (χ2v) is 7.34. The molecule has 8 heteroatoms. The van der Waals surface area contributed by atoms with Crippen LogP contribution in [0.15, 0.2) is 0 Å². The Kier molecular flexibility index (Phi) is 15.4. The van der Waals surface area contributed by atoms with E-state index < -0.39 is 11.8 Å². The van der Waals surface area contributed by atoms with Crippen LogP contribution in [0, 0.1) is 0 Å². The van der Waals surface area contributed by atoms with Crippen molar-refractivity contribution < 1.29 is 27.8 Å². The lowest BCUT2D eigenvalue weighted by molar-refractivity contribution is -0.490. The molecule has 0 spiro atoms. The van der Waals surface area contributed by atoms with Crippen molar-refractivity contribution in [2.45, 2.75) is 53.3 Å². The van der Waals surface area contributed by atoms with Crippen LogP contribution in [0.2, 0.25) is 0 Å². The molecule has 0 aliphatic carbocycles. The lowest BCUT2D eigenvalue weighted by Crippen LogP contribution is -2.61. The van der Waals surface area contributed by atoms with Crippen LogP contribution in [-0.4, -0.2) is 65.8 Å². The Morgan fingerprint density at radius 3 is 1.05 bits per heavy atom. The molecule has 0 heterocycles. The summed E-state index contributed by atoms with van der Waals surface area (Å²) in [5.41, 5.74) is 0. The van der Waals surface area contributed by atoms with Crippen LogP contribution in [-0.2, 0) is 27.8 Å². The topological polar surface area (TPSA) is 55.4 Å². The third-order valence-electron chi connectivity index (χ3n) is 2.40. The minimum absolute atomic E-state index is 0.440. The van der Waals surface area contributed by atoms with Gasteiger partial charge in [0, 0.05) is 33.0 Å². The zero-order valence-electron chi connectivity index (χ0n) is 15.0. The van der Waals surface area contributed by atoms with E-state index in [9.17, 15) is 0 Å². The quantitative estimate of drug-likeness (QED) is 0.392. The minimum atomic E-state index is -1.34. The molecule has 0 aromatic carbocycles. The highest BCUT2D eigenvalue weighted by Crippen LogP contribution is 2.34. The van der Waals surface area contributed by atoms with Gasteiger partial charge in [-0.3, -0.25) is 0 Å². The van der Waals surface area contributed by atoms with Gasteiger partial charge in [-0.25, -0.2) is 0 Å². The molecule has 0 unspecified atom stereocenters. The summed E-state index contributed by atoms with van der Waals surface area (Å²) in [6, 6.07) is 0. The van der Waals surface area contributed by atoms with Crippen LogP contribution in [0.5, 0.6) is 0 Å². The van der Waals surface area contributed by atoms with E-state index in [2.05, 4.69) is 4.12 Å². The van der Waals surface area contributed by atoms with Crippen molar-refractivity contribution >= 4 is 21.0 Å². The monoisotopic (exact) mass is 342 g/mol. The SMILES string of the molecule is CCOC(C)(OCC)C(OCC)(OCC)OCC.[SiH3]O[SiH3]. The second-order valence-electron chi connectivity index (χ2n) is 4.08. The standard InChI is InChI=1S/C13H28O5.H6OSi2/c1-7-14-12(6,15-8-2)13(16-9-3,17-10-4)18-11-5;2-1-3/h7-11H2,1-6H3;2-3H3. The molecule has 0 rings (SSSR count). The molecule has 0 saturated heterocycles. The predicted molar refractivity (Wildman–Crippen MR) is 90.2 cm³/mol. The fourth-order valence-corrected chi connectivity index (χ4v) is 1.86. The summed E-state index contributed by atoms with van der Waals surface area (Å²) in [5.74, 6) is -2.43. The Bertz CT molecular complexity index is 208. The van der Waals surface area contributed by atoms with Gasteiger partial charge < -0.3 is 27.8 Å². The summed E-state index contributed by atoms with van der Waals surface area (Å²) >= 11 is 0. The molecular weight excluding hydrogens is 308 g/mol. The van der Waals surface area contributed by atoms with Gasteiger partial charge in [0.25, 0.3) is 0 Å². The third-order valence-corrected chi connectivity index (χ3v) is 2.40. The van der Waals surface area contributed by atoms with E-state index in [0.717, 1.165) is 21.0 Å². The van der Waals surface area contributed by atoms with Gasteiger partial charge in [-0.05, 0) is 41.5 Å². The Morgan fingerprint density at radius 2 is 0.857 bits per heavy atom. The van der Waals surface area contributed by atoms with E-state index in [1.165, 1.54) is 0 Å². The minimum Gasteiger partial charge on any atom is -0.471 e. The smallest absolute Gasteiger partial charge is 0.340 e. The van der Waals surface area contributed by atoms with E-state index in [0.29, 0.717) is 33.0 Å². The summed E-state index contributed by atoms with van der Waals surface area (Å²) < 4.78 is 33.0. The summed E-state index contributed by atoms with van der Waals surface area (Å²) in [6.07, 6.45) is 0. The lowest BCUT2D eigenvalue weighted by Gasteiger charge is -2.44. The molecule has 0 fully saturated rings. The van der Waals surface area contributed by atoms with E-state index in [4.69, 9.17) is 23.7 Å². The van der Waals surface area contributed by atoms with Gasteiger partial charge in [-0.15, -0.1) is 0 Å². The second kappa shape index (κ2) is 13.8. The summed E-state index contributed by atoms with van der Waals surface area (Å²) in [7, 11) is 1.86. The highest BCUT2D eigenvalue weighted by Gasteiger charge is 2.55. The van der Waals surface area contributed by atoms with Gasteiger partial charge in [0.15, 0.2) is 0 Å². The number of hydrogen-bond acceptors (Lipinski definition) is 6. The van der Waals surface area contributed by atoms with Crippen molar-refractivity contribution in [1.82, 2.24) is 0 Å². The summed E-state index contributed by atoms with van der Waals surface area (Å²) in [5, 5.41) is 0. The van der Waals surface area contributed by atoms with E-state index in [-0.39, 0.29) is 0 Å². The van der Waals surface area contributed by atoms with E-state index in [1.54, 1.807) is 6.92 Å². The molecule has 0 saturated carbocycles. The van der Waals surface area contributed by atoms with Gasteiger partial charge in [0.1, 0.15) is 21.0 Å². The Labute approximate surface area is 135 Å². The largest absolute Gasteiger partial charge is 0.471 e. The van der Waals surface area contributed by atoms with Crippen molar-refractivity contribution in [2.75, 3.05) is 33.0 Å². The van der Waals surface area contributed by atoms with Gasteiger partial charge in [0.2, 0.25) is 5.79 Å². The molecule has 21 heavy (non-hydrogen) atoms. The normalized spacial score (nSPS) is 12.3. The molecular formula is C13H34O6Si2. The zero-order chi connectivity index (χ0) is 16.8. The molecule has 0 bridgehead atoms. The molecule has 0 radical (unpaired) electrons. The van der Waals surface area contributed by atoms with Crippen molar-refractivity contribution in [3.63, 3.8) is 0 Å². The number of hydrogen-bond donors (Lipinski definition) is 0. The van der Waals surface area contributed by atoms with Crippen LogP contribution >= 0.6 is 0 Å². The van der Waals surface area contributed by atoms with Crippen molar-refractivity contribution in [2.24, 2.45) is 0 Å². The molecule has 0 aliphatic rings. The fourth-order valence-electron chi connectivity index (χ4n) is 1.86. The number of ether oxygens (including phenoxy) is 5. The van der Waals surface area contributed by atoms with Crippen molar-refractivity contribution in [3.8, 4) is 0 Å². The molecule has 6 nitrogen and oxygen atoms in total. The molecule has 0 aromatic rings. The first-order valence-corrected chi connectivity index (χ1v) is 9.20. The van der Waals surface area contributed by atoms with E-state index in [1.807, 2.05) is 34.6 Å². The van der Waals surface area contributed by atoms with E-state index >= 15 is 0 Å². The maximum absolute atomic E-state index is 5.70. The summed E-state index contributed by atoms with van der Waals surface area (Å²) in [4.78, 5) is 0. The number of rotatable bonds is 11. The molecule has 0 aromatic heterocycles. The predicted octanol–water partition coefficient (Wildman–Crippen LogP) is 0.103. The first-order valence-electron chi connectivity index (χ1n) is 7.57. The first-order chi connectivity index (χ1) is 9.97. The molecule has 0 atom stereocenters. The van der Waals surface area contributed by atoms with Crippen LogP contribution in [0.25, 0.3) is 0 Å². The van der Waals surface area contributed by atoms with Gasteiger partial charge >= 0.3 is 5.97 Å². The average Bonchev–Trinajstić information content (AvgIpc) is 2.41. The van der Waals surface area contributed by atoms with Crippen molar-refractivity contribution in [1.29, 1.82) is 0 Å². The Balaban J connectivity index is 0. The Hall–Kier alpha value is 0.194. The summed E-state index contributed by atoms with van der Waals surface area (Å²) in [6.45, 7) is 13.5. The van der Waals surface area contributed by atoms with Gasteiger partial charge in [-0.1, -0.05) is 0 Å². The van der Waals surface area contributed by atoms with Crippen LogP contribution in [0.4, 0.5) is 0 Å². The fraction of sp³-hybridized carbons (Fsp3) is 1.00. The molecule has 0 N–H and O–H groups in total. The van der Waals surface area contributed by atoms with Crippen LogP contribution < -0.4 is 0 Å². The van der Waals surface area contributed by atoms with Gasteiger partial charge in [-0.2, -0.15) is 0 Å². The lowest BCUT2D eigenvalue weighted by atomic mass is 10.2. The molecule has 0 amide bonds. The highest BCUT2D eigenvalue weighted by atomic mass is 28.3. The zero-order valence-corrected chi connectivity index (χ0v) is 19.0. The van der Waals surface area contributed by atoms with Crippen molar-refractivity contribution in [3.05, 3.63) is 0 Å². The Morgan fingerprint density at radius 1 is 0.619 bits per heavy atom. The molecule has 130 valence electrons. The third kappa shape index (κ3) is 7.84.